The molecule has 1 N–H and O–H groups in total. The summed E-state index contributed by atoms with van der Waals surface area (Å²) >= 11 is 0. The molecule has 108 valence electrons. The van der Waals surface area contributed by atoms with Gasteiger partial charge in [0, 0.05) is 18.2 Å². The highest BCUT2D eigenvalue weighted by Gasteiger charge is 2.29. The van der Waals surface area contributed by atoms with Crippen LogP contribution in [0.25, 0.3) is 0 Å². The molecule has 1 aromatic carbocycles. The molecular formula is C17H24N2O. The minimum atomic E-state index is 0.102. The molecule has 0 spiro atoms. The number of nitrogens with one attached hydrogen (secondary N) is 1. The molecule has 0 saturated heterocycles. The van der Waals surface area contributed by atoms with Gasteiger partial charge in [0.25, 0.3) is 5.91 Å². The summed E-state index contributed by atoms with van der Waals surface area (Å²) in [6.45, 7) is 7.59. The van der Waals surface area contributed by atoms with Crippen LogP contribution in [0.5, 0.6) is 0 Å². The van der Waals surface area contributed by atoms with Crippen molar-refractivity contribution >= 4 is 5.91 Å². The van der Waals surface area contributed by atoms with Gasteiger partial charge in [0.05, 0.1) is 0 Å². The summed E-state index contributed by atoms with van der Waals surface area (Å²) in [6.07, 6.45) is 4.68. The minimum Gasteiger partial charge on any atom is -0.348 e. The predicted octanol–water partition coefficient (Wildman–Crippen LogP) is 2.52. The predicted molar refractivity (Wildman–Crippen MR) is 81.0 cm³/mol. The molecule has 1 aliphatic carbocycles. The lowest BCUT2D eigenvalue weighted by Gasteiger charge is -2.27. The Hall–Kier alpha value is -1.35. The smallest absolute Gasteiger partial charge is 0.251 e. The molecular weight excluding hydrogens is 248 g/mol. The van der Waals surface area contributed by atoms with Gasteiger partial charge in [-0.15, -0.1) is 0 Å². The van der Waals surface area contributed by atoms with Crippen LogP contribution in [-0.4, -0.2) is 29.9 Å². The molecule has 0 fully saturated rings. The van der Waals surface area contributed by atoms with E-state index < -0.39 is 0 Å². The fourth-order valence-electron chi connectivity index (χ4n) is 3.64. The lowest BCUT2D eigenvalue weighted by atomic mass is 10.0. The zero-order valence-corrected chi connectivity index (χ0v) is 12.5. The van der Waals surface area contributed by atoms with Crippen molar-refractivity contribution in [2.45, 2.75) is 52.1 Å². The average molecular weight is 272 g/mol. The van der Waals surface area contributed by atoms with E-state index in [0.29, 0.717) is 12.6 Å². The number of nitrogens with zero attached hydrogens (tertiary/aromatic N) is 1. The molecule has 0 bridgehead atoms. The van der Waals surface area contributed by atoms with Gasteiger partial charge in [-0.3, -0.25) is 9.69 Å². The molecule has 1 amide bonds. The van der Waals surface area contributed by atoms with Crippen LogP contribution in [0, 0.1) is 0 Å². The van der Waals surface area contributed by atoms with E-state index in [9.17, 15) is 4.79 Å². The standard InChI is InChI=1S/C17H24N2O/c1-3-5-19(6-4-2)15-8-12-7-14-11-18-17(20)16(14)10-13(12)9-15/h7,10,15H,3-6,8-9,11H2,1-2H3,(H,18,20). The number of carbonyl (C=O) groups excluding carboxylic acids is 1. The first-order valence-corrected chi connectivity index (χ1v) is 7.89. The first-order chi connectivity index (χ1) is 9.72. The number of amides is 1. The zero-order valence-electron chi connectivity index (χ0n) is 12.5. The van der Waals surface area contributed by atoms with E-state index in [1.54, 1.807) is 0 Å². The fraction of sp³-hybridized carbons (Fsp3) is 0.588. The molecule has 0 saturated carbocycles. The maximum Gasteiger partial charge on any atom is 0.251 e. The highest BCUT2D eigenvalue weighted by molar-refractivity contribution is 5.98. The van der Waals surface area contributed by atoms with Crippen LogP contribution in [-0.2, 0) is 19.4 Å². The molecule has 3 nitrogen and oxygen atoms in total. The maximum absolute atomic E-state index is 11.8. The summed E-state index contributed by atoms with van der Waals surface area (Å²) in [7, 11) is 0. The van der Waals surface area contributed by atoms with Gasteiger partial charge in [-0.25, -0.2) is 0 Å². The van der Waals surface area contributed by atoms with Gasteiger partial charge in [-0.2, -0.15) is 0 Å². The second-order valence-electron chi connectivity index (χ2n) is 6.06. The highest BCUT2D eigenvalue weighted by atomic mass is 16.1. The molecule has 3 rings (SSSR count). The summed E-state index contributed by atoms with van der Waals surface area (Å²) in [6, 6.07) is 5.04. The Morgan fingerprint density at radius 1 is 1.10 bits per heavy atom. The largest absolute Gasteiger partial charge is 0.348 e. The van der Waals surface area contributed by atoms with E-state index in [-0.39, 0.29) is 5.91 Å². The zero-order chi connectivity index (χ0) is 14.1. The van der Waals surface area contributed by atoms with Crippen molar-refractivity contribution in [1.82, 2.24) is 10.2 Å². The van der Waals surface area contributed by atoms with Gasteiger partial charge in [0.15, 0.2) is 0 Å². The number of fused-ring (bicyclic) bond motifs is 2. The molecule has 0 aromatic heterocycles. The molecule has 0 radical (unpaired) electrons. The Kier molecular flexibility index (Phi) is 3.79. The first kappa shape index (κ1) is 13.6. The van der Waals surface area contributed by atoms with Crippen molar-refractivity contribution in [2.24, 2.45) is 0 Å². The van der Waals surface area contributed by atoms with E-state index in [4.69, 9.17) is 0 Å². The number of hydrogen-bond acceptors (Lipinski definition) is 2. The first-order valence-electron chi connectivity index (χ1n) is 7.89. The van der Waals surface area contributed by atoms with Crippen LogP contribution in [0.3, 0.4) is 0 Å². The van der Waals surface area contributed by atoms with Gasteiger partial charge in [-0.05, 0) is 61.5 Å². The molecule has 1 aromatic rings. The number of benzene rings is 1. The van der Waals surface area contributed by atoms with Gasteiger partial charge in [-0.1, -0.05) is 19.9 Å². The quantitative estimate of drug-likeness (QED) is 0.893. The monoisotopic (exact) mass is 272 g/mol. The van der Waals surface area contributed by atoms with Gasteiger partial charge < -0.3 is 5.32 Å². The summed E-state index contributed by atoms with van der Waals surface area (Å²) in [5.74, 6) is 0.102. The Morgan fingerprint density at radius 2 is 1.75 bits per heavy atom. The SMILES string of the molecule is CCCN(CCC)C1Cc2cc3c(cc2C1)C(=O)NC3. The van der Waals surface area contributed by atoms with Crippen molar-refractivity contribution in [3.8, 4) is 0 Å². The minimum absolute atomic E-state index is 0.102. The number of carbonyl (C=O) groups is 1. The van der Waals surface area contributed by atoms with Crippen molar-refractivity contribution in [2.75, 3.05) is 13.1 Å². The Labute approximate surface area is 121 Å². The molecule has 1 aliphatic heterocycles. The molecule has 3 heteroatoms. The molecule has 2 aliphatic rings. The third-order valence-corrected chi connectivity index (χ3v) is 4.56. The van der Waals surface area contributed by atoms with Gasteiger partial charge in [0.2, 0.25) is 0 Å². The topological polar surface area (TPSA) is 32.3 Å². The Balaban J connectivity index is 1.80. The number of hydrogen-bond donors (Lipinski definition) is 1. The average Bonchev–Trinajstić information content (AvgIpc) is 3.00. The van der Waals surface area contributed by atoms with Crippen molar-refractivity contribution in [3.63, 3.8) is 0 Å². The summed E-state index contributed by atoms with van der Waals surface area (Å²) in [5, 5.41) is 2.91. The van der Waals surface area contributed by atoms with E-state index in [1.165, 1.54) is 42.6 Å². The summed E-state index contributed by atoms with van der Waals surface area (Å²) in [4.78, 5) is 14.4. The van der Waals surface area contributed by atoms with Crippen LogP contribution in [0.2, 0.25) is 0 Å². The van der Waals surface area contributed by atoms with Crippen LogP contribution in [0.4, 0.5) is 0 Å². The second kappa shape index (κ2) is 5.57. The Morgan fingerprint density at radius 3 is 2.40 bits per heavy atom. The Bertz CT molecular complexity index is 518. The molecule has 1 atom stereocenters. The summed E-state index contributed by atoms with van der Waals surface area (Å²) in [5.41, 5.74) is 4.94. The van der Waals surface area contributed by atoms with Crippen molar-refractivity contribution in [1.29, 1.82) is 0 Å². The lowest BCUT2D eigenvalue weighted by Crippen LogP contribution is -2.37. The lowest BCUT2D eigenvalue weighted by molar-refractivity contribution is 0.0965. The van der Waals surface area contributed by atoms with E-state index in [0.717, 1.165) is 18.4 Å². The van der Waals surface area contributed by atoms with Crippen LogP contribution >= 0.6 is 0 Å². The van der Waals surface area contributed by atoms with Crippen LogP contribution in [0.1, 0.15) is 53.7 Å². The third kappa shape index (κ3) is 2.35. The van der Waals surface area contributed by atoms with Crippen molar-refractivity contribution < 1.29 is 4.79 Å². The maximum atomic E-state index is 11.8. The van der Waals surface area contributed by atoms with E-state index >= 15 is 0 Å². The molecule has 1 unspecified atom stereocenters. The molecule has 1 heterocycles. The highest BCUT2D eigenvalue weighted by Crippen LogP contribution is 2.30. The van der Waals surface area contributed by atoms with Crippen molar-refractivity contribution in [3.05, 3.63) is 34.4 Å². The van der Waals surface area contributed by atoms with Crippen LogP contribution < -0.4 is 5.32 Å². The van der Waals surface area contributed by atoms with E-state index in [1.807, 2.05) is 0 Å². The normalized spacial score (nSPS) is 20.1. The van der Waals surface area contributed by atoms with Gasteiger partial charge in [0.1, 0.15) is 0 Å². The van der Waals surface area contributed by atoms with Crippen LogP contribution in [0.15, 0.2) is 12.1 Å². The van der Waals surface area contributed by atoms with E-state index in [2.05, 4.69) is 36.2 Å². The molecule has 20 heavy (non-hydrogen) atoms. The number of rotatable bonds is 5. The summed E-state index contributed by atoms with van der Waals surface area (Å²) < 4.78 is 0. The van der Waals surface area contributed by atoms with Gasteiger partial charge >= 0.3 is 0 Å². The fourth-order valence-corrected chi connectivity index (χ4v) is 3.64. The third-order valence-electron chi connectivity index (χ3n) is 4.56. The second-order valence-corrected chi connectivity index (χ2v) is 6.06.